The van der Waals surface area contributed by atoms with Crippen LogP contribution in [0, 0.1) is 11.8 Å². The summed E-state index contributed by atoms with van der Waals surface area (Å²) in [4.78, 5) is 0. The molecule has 1 fully saturated rings. The van der Waals surface area contributed by atoms with Crippen LogP contribution in [0.2, 0.25) is 0 Å². The molecule has 0 heterocycles. The van der Waals surface area contributed by atoms with Crippen molar-refractivity contribution < 1.29 is 13.5 Å². The minimum atomic E-state index is -2.35. The molecule has 1 saturated carbocycles. The summed E-state index contributed by atoms with van der Waals surface area (Å²) in [5.41, 5.74) is 0. The molecule has 0 saturated heterocycles. The topological polar surface area (TPSA) is 21.3 Å². The van der Waals surface area contributed by atoms with Crippen molar-refractivity contribution in [3.8, 4) is 0 Å². The molecule has 0 bridgehead atoms. The predicted octanol–water partition coefficient (Wildman–Crippen LogP) is 3.85. The predicted molar refractivity (Wildman–Crippen MR) is 74.6 cm³/mol. The van der Waals surface area contributed by atoms with Crippen molar-refractivity contribution in [1.82, 2.24) is 5.32 Å². The van der Waals surface area contributed by atoms with E-state index < -0.39 is 13.0 Å². The van der Waals surface area contributed by atoms with Crippen molar-refractivity contribution in [1.29, 1.82) is 0 Å². The zero-order valence-electron chi connectivity index (χ0n) is 12.3. The maximum absolute atomic E-state index is 12.0. The molecule has 3 atom stereocenters. The molecule has 2 nitrogen and oxygen atoms in total. The summed E-state index contributed by atoms with van der Waals surface area (Å²) in [5, 5.41) is 3.54. The van der Waals surface area contributed by atoms with Gasteiger partial charge < -0.3 is 10.1 Å². The number of halogens is 2. The van der Waals surface area contributed by atoms with Crippen molar-refractivity contribution >= 4 is 0 Å². The molecule has 1 rings (SSSR count). The van der Waals surface area contributed by atoms with Crippen molar-refractivity contribution in [3.63, 3.8) is 0 Å². The fraction of sp³-hybridized carbons (Fsp3) is 1.00. The largest absolute Gasteiger partial charge is 0.375 e. The average molecular weight is 277 g/mol. The van der Waals surface area contributed by atoms with Gasteiger partial charge in [0.25, 0.3) is 6.43 Å². The van der Waals surface area contributed by atoms with E-state index in [0.29, 0.717) is 18.6 Å². The molecule has 0 spiro atoms. The third kappa shape index (κ3) is 6.17. The van der Waals surface area contributed by atoms with Crippen LogP contribution in [0.15, 0.2) is 0 Å². The Morgan fingerprint density at radius 2 is 1.95 bits per heavy atom. The quantitative estimate of drug-likeness (QED) is 0.646. The summed E-state index contributed by atoms with van der Waals surface area (Å²) in [6.07, 6.45) is 4.96. The Balaban J connectivity index is 2.40. The van der Waals surface area contributed by atoms with E-state index in [1.54, 1.807) is 0 Å². The molecule has 0 aromatic rings. The third-order valence-corrected chi connectivity index (χ3v) is 4.29. The Morgan fingerprint density at radius 3 is 2.58 bits per heavy atom. The molecule has 0 aromatic heterocycles. The molecular weight excluding hydrogens is 248 g/mol. The van der Waals surface area contributed by atoms with Gasteiger partial charge in [-0.2, -0.15) is 0 Å². The van der Waals surface area contributed by atoms with Gasteiger partial charge in [0.05, 0.1) is 0 Å². The van der Waals surface area contributed by atoms with E-state index in [1.165, 1.54) is 32.1 Å². The van der Waals surface area contributed by atoms with Gasteiger partial charge in [0.1, 0.15) is 6.61 Å². The van der Waals surface area contributed by atoms with Crippen LogP contribution in [0.1, 0.15) is 52.4 Å². The number of nitrogens with one attached hydrogen (secondary N) is 1. The van der Waals surface area contributed by atoms with E-state index in [4.69, 9.17) is 4.74 Å². The molecule has 19 heavy (non-hydrogen) atoms. The van der Waals surface area contributed by atoms with Gasteiger partial charge in [-0.05, 0) is 31.2 Å². The molecule has 0 aromatic carbocycles. The van der Waals surface area contributed by atoms with Crippen LogP contribution < -0.4 is 5.32 Å². The summed E-state index contributed by atoms with van der Waals surface area (Å²) >= 11 is 0. The highest BCUT2D eigenvalue weighted by molar-refractivity contribution is 4.84. The number of hydrogen-bond acceptors (Lipinski definition) is 2. The Labute approximate surface area is 116 Å². The van der Waals surface area contributed by atoms with Crippen LogP contribution in [0.4, 0.5) is 8.78 Å². The monoisotopic (exact) mass is 277 g/mol. The van der Waals surface area contributed by atoms with Gasteiger partial charge in [-0.3, -0.25) is 0 Å². The lowest BCUT2D eigenvalue weighted by molar-refractivity contribution is 0.0105. The maximum Gasteiger partial charge on any atom is 0.261 e. The minimum absolute atomic E-state index is 0.424. The fourth-order valence-corrected chi connectivity index (χ4v) is 3.39. The third-order valence-electron chi connectivity index (χ3n) is 4.29. The van der Waals surface area contributed by atoms with E-state index >= 15 is 0 Å². The fourth-order valence-electron chi connectivity index (χ4n) is 3.39. The van der Waals surface area contributed by atoms with Gasteiger partial charge in [-0.1, -0.05) is 39.5 Å². The van der Waals surface area contributed by atoms with Gasteiger partial charge in [-0.15, -0.1) is 0 Å². The molecule has 114 valence electrons. The molecule has 0 radical (unpaired) electrons. The maximum atomic E-state index is 12.0. The summed E-state index contributed by atoms with van der Waals surface area (Å²) in [6, 6.07) is 0.424. The van der Waals surface area contributed by atoms with Crippen LogP contribution in [-0.2, 0) is 4.74 Å². The number of alkyl halides is 2. The van der Waals surface area contributed by atoms with Crippen molar-refractivity contribution in [3.05, 3.63) is 0 Å². The first-order valence-electron chi connectivity index (χ1n) is 7.78. The van der Waals surface area contributed by atoms with Crippen LogP contribution >= 0.6 is 0 Å². The molecule has 1 N–H and O–H groups in total. The Hall–Kier alpha value is -0.220. The number of hydrogen-bond donors (Lipinski definition) is 1. The van der Waals surface area contributed by atoms with Gasteiger partial charge in [0.2, 0.25) is 0 Å². The normalized spacial score (nSPS) is 25.7. The van der Waals surface area contributed by atoms with Gasteiger partial charge >= 0.3 is 0 Å². The van der Waals surface area contributed by atoms with E-state index in [2.05, 4.69) is 19.2 Å². The average Bonchev–Trinajstić information content (AvgIpc) is 2.42. The van der Waals surface area contributed by atoms with Crippen molar-refractivity contribution in [2.75, 3.05) is 19.8 Å². The first-order chi connectivity index (χ1) is 9.19. The zero-order chi connectivity index (χ0) is 14.1. The summed E-state index contributed by atoms with van der Waals surface area (Å²) in [5.74, 6) is 1.47. The highest BCUT2D eigenvalue weighted by Gasteiger charge is 2.30. The molecule has 0 aliphatic heterocycles. The smallest absolute Gasteiger partial charge is 0.261 e. The van der Waals surface area contributed by atoms with Crippen LogP contribution in [-0.4, -0.2) is 32.2 Å². The highest BCUT2D eigenvalue weighted by atomic mass is 19.3. The lowest BCUT2D eigenvalue weighted by Gasteiger charge is -2.37. The van der Waals surface area contributed by atoms with E-state index in [1.807, 2.05) is 0 Å². The lowest BCUT2D eigenvalue weighted by Crippen LogP contribution is -2.41. The van der Waals surface area contributed by atoms with Crippen molar-refractivity contribution in [2.45, 2.75) is 64.8 Å². The first kappa shape index (κ1) is 16.8. The van der Waals surface area contributed by atoms with Gasteiger partial charge in [0, 0.05) is 12.6 Å². The second-order valence-corrected chi connectivity index (χ2v) is 5.54. The van der Waals surface area contributed by atoms with E-state index in [-0.39, 0.29) is 0 Å². The van der Waals surface area contributed by atoms with Crippen LogP contribution in [0.5, 0.6) is 0 Å². The Kier molecular flexibility index (Phi) is 8.55. The lowest BCUT2D eigenvalue weighted by atomic mass is 9.73. The molecule has 1 aliphatic carbocycles. The standard InChI is InChI=1S/C15H29F2NO/c1-3-12-7-5-6-8-13(12)14(18-4-2)9-10-19-11-15(16)17/h12-15,18H,3-11H2,1-2H3. The molecule has 1 aliphatic rings. The van der Waals surface area contributed by atoms with Crippen LogP contribution in [0.3, 0.4) is 0 Å². The minimum Gasteiger partial charge on any atom is -0.375 e. The molecule has 3 unspecified atom stereocenters. The SMILES string of the molecule is CCNC(CCOCC(F)F)C1CCCCC1CC. The second kappa shape index (κ2) is 9.65. The molecule has 4 heteroatoms. The van der Waals surface area contributed by atoms with Gasteiger partial charge in [0.15, 0.2) is 0 Å². The number of rotatable bonds is 9. The summed E-state index contributed by atoms with van der Waals surface area (Å²) in [6.45, 7) is 5.32. The first-order valence-corrected chi connectivity index (χ1v) is 7.78. The molecule has 0 amide bonds. The highest BCUT2D eigenvalue weighted by Crippen LogP contribution is 2.35. The molecular formula is C15H29F2NO. The van der Waals surface area contributed by atoms with Crippen LogP contribution in [0.25, 0.3) is 0 Å². The Bertz CT molecular complexity index is 226. The summed E-state index contributed by atoms with van der Waals surface area (Å²) < 4.78 is 29.1. The van der Waals surface area contributed by atoms with Gasteiger partial charge in [-0.25, -0.2) is 8.78 Å². The van der Waals surface area contributed by atoms with E-state index in [9.17, 15) is 8.78 Å². The van der Waals surface area contributed by atoms with E-state index in [0.717, 1.165) is 18.9 Å². The summed E-state index contributed by atoms with van der Waals surface area (Å²) in [7, 11) is 0. The number of ether oxygens (including phenoxy) is 1. The van der Waals surface area contributed by atoms with Crippen molar-refractivity contribution in [2.24, 2.45) is 11.8 Å². The second-order valence-electron chi connectivity index (χ2n) is 5.54. The zero-order valence-corrected chi connectivity index (χ0v) is 12.3. The Morgan fingerprint density at radius 1 is 1.21 bits per heavy atom.